The van der Waals surface area contributed by atoms with Crippen LogP contribution in [0.2, 0.25) is 0 Å². The third kappa shape index (κ3) is 4.62. The predicted octanol–water partition coefficient (Wildman–Crippen LogP) is 2.54. The minimum atomic E-state index is -0.659. The zero-order valence-corrected chi connectivity index (χ0v) is 16.5. The fourth-order valence-electron chi connectivity index (χ4n) is 4.01. The minimum Gasteiger partial charge on any atom is -0.395 e. The molecule has 2 aromatic rings. The van der Waals surface area contributed by atoms with Gasteiger partial charge >= 0.3 is 0 Å². The highest BCUT2D eigenvalue weighted by Crippen LogP contribution is 2.38. The van der Waals surface area contributed by atoms with E-state index in [4.69, 9.17) is 0 Å². The van der Waals surface area contributed by atoms with E-state index < -0.39 is 17.8 Å². The van der Waals surface area contributed by atoms with Crippen molar-refractivity contribution in [2.24, 2.45) is 5.92 Å². The number of likely N-dealkylation sites (tertiary alicyclic amines) is 1. The van der Waals surface area contributed by atoms with Gasteiger partial charge in [0.25, 0.3) is 0 Å². The summed E-state index contributed by atoms with van der Waals surface area (Å²) in [5.74, 6) is -1.26. The quantitative estimate of drug-likeness (QED) is 0.777. The molecule has 7 heteroatoms. The highest BCUT2D eigenvalue weighted by Gasteiger charge is 2.42. The number of aliphatic hydroxyl groups excluding tert-OH is 1. The van der Waals surface area contributed by atoms with Gasteiger partial charge in [0, 0.05) is 44.0 Å². The molecule has 2 amide bonds. The predicted molar refractivity (Wildman–Crippen MR) is 106 cm³/mol. The van der Waals surface area contributed by atoms with Crippen molar-refractivity contribution in [1.29, 1.82) is 0 Å². The lowest BCUT2D eigenvalue weighted by atomic mass is 9.83. The Morgan fingerprint density at radius 2 is 2.00 bits per heavy atom. The lowest BCUT2D eigenvalue weighted by Crippen LogP contribution is -2.49. The topological polar surface area (TPSA) is 73.7 Å². The molecule has 1 N–H and O–H groups in total. The Bertz CT molecular complexity index is 846. The monoisotopic (exact) mass is 399 g/mol. The molecule has 1 saturated heterocycles. The summed E-state index contributed by atoms with van der Waals surface area (Å²) in [4.78, 5) is 33.2. The molecule has 29 heavy (non-hydrogen) atoms. The zero-order valence-electron chi connectivity index (χ0n) is 16.5. The Labute approximate surface area is 170 Å². The standard InChI is InChI=1S/C22H26FN3O3/c1-2-26-20(28)8-7-18(21(26)17-5-3-4-6-19(17)23)22(29)25(13-14-27)15-16-9-11-24-12-10-16/h3-6,9-12,18,21,27H,2,7-8,13-15H2,1H3/t18-,21+/m1/s1. The maximum Gasteiger partial charge on any atom is 0.228 e. The van der Waals surface area contributed by atoms with E-state index >= 15 is 0 Å². The van der Waals surface area contributed by atoms with E-state index in [1.165, 1.54) is 6.07 Å². The number of halogens is 1. The molecule has 0 aliphatic carbocycles. The summed E-state index contributed by atoms with van der Waals surface area (Å²) >= 11 is 0. The summed E-state index contributed by atoms with van der Waals surface area (Å²) in [6, 6.07) is 9.28. The number of piperidine rings is 1. The molecule has 1 aliphatic rings. The van der Waals surface area contributed by atoms with E-state index in [0.29, 0.717) is 25.1 Å². The van der Waals surface area contributed by atoms with Gasteiger partial charge in [-0.15, -0.1) is 0 Å². The molecule has 154 valence electrons. The smallest absolute Gasteiger partial charge is 0.228 e. The average Bonchev–Trinajstić information content (AvgIpc) is 2.74. The first-order valence-corrected chi connectivity index (χ1v) is 9.89. The van der Waals surface area contributed by atoms with Crippen molar-refractivity contribution in [3.63, 3.8) is 0 Å². The first kappa shape index (κ1) is 20.9. The number of carbonyl (C=O) groups excluding carboxylic acids is 2. The first-order chi connectivity index (χ1) is 14.1. The van der Waals surface area contributed by atoms with Gasteiger partial charge in [-0.05, 0) is 37.1 Å². The number of aliphatic hydroxyl groups is 1. The highest BCUT2D eigenvalue weighted by atomic mass is 19.1. The van der Waals surface area contributed by atoms with Crippen molar-refractivity contribution in [1.82, 2.24) is 14.8 Å². The number of nitrogens with zero attached hydrogens (tertiary/aromatic N) is 3. The maximum absolute atomic E-state index is 14.6. The summed E-state index contributed by atoms with van der Waals surface area (Å²) in [5.41, 5.74) is 1.25. The molecule has 0 unspecified atom stereocenters. The third-order valence-corrected chi connectivity index (χ3v) is 5.39. The number of carbonyl (C=O) groups is 2. The number of hydrogen-bond donors (Lipinski definition) is 1. The van der Waals surface area contributed by atoms with Crippen LogP contribution in [0.3, 0.4) is 0 Å². The molecule has 1 aromatic carbocycles. The first-order valence-electron chi connectivity index (χ1n) is 9.89. The number of aromatic nitrogens is 1. The highest BCUT2D eigenvalue weighted by molar-refractivity contribution is 5.85. The Hall–Kier alpha value is -2.80. The van der Waals surface area contributed by atoms with Gasteiger partial charge < -0.3 is 14.9 Å². The van der Waals surface area contributed by atoms with Crippen LogP contribution >= 0.6 is 0 Å². The lowest BCUT2D eigenvalue weighted by molar-refractivity contribution is -0.148. The van der Waals surface area contributed by atoms with Crippen molar-refractivity contribution in [2.75, 3.05) is 19.7 Å². The van der Waals surface area contributed by atoms with Gasteiger partial charge in [0.15, 0.2) is 0 Å². The van der Waals surface area contributed by atoms with E-state index in [1.807, 2.05) is 19.1 Å². The molecule has 2 atom stereocenters. The molecule has 0 bridgehead atoms. The number of amides is 2. The van der Waals surface area contributed by atoms with Crippen molar-refractivity contribution in [2.45, 2.75) is 32.4 Å². The number of rotatable bonds is 7. The van der Waals surface area contributed by atoms with Crippen LogP contribution < -0.4 is 0 Å². The molecule has 2 heterocycles. The van der Waals surface area contributed by atoms with Gasteiger partial charge in [-0.2, -0.15) is 0 Å². The van der Waals surface area contributed by atoms with Gasteiger partial charge in [0.05, 0.1) is 18.6 Å². The van der Waals surface area contributed by atoms with E-state index in [-0.39, 0.29) is 31.4 Å². The number of hydrogen-bond acceptors (Lipinski definition) is 4. The van der Waals surface area contributed by atoms with Crippen LogP contribution in [-0.2, 0) is 16.1 Å². The molecule has 0 saturated carbocycles. The minimum absolute atomic E-state index is 0.0763. The summed E-state index contributed by atoms with van der Waals surface area (Å²) in [6.07, 6.45) is 3.90. The van der Waals surface area contributed by atoms with Crippen LogP contribution in [0.4, 0.5) is 4.39 Å². The molecule has 0 spiro atoms. The Balaban J connectivity index is 1.94. The molecule has 0 radical (unpaired) electrons. The normalized spacial score (nSPS) is 19.3. The van der Waals surface area contributed by atoms with E-state index in [0.717, 1.165) is 5.56 Å². The van der Waals surface area contributed by atoms with Crippen molar-refractivity contribution >= 4 is 11.8 Å². The van der Waals surface area contributed by atoms with Crippen LogP contribution in [-0.4, -0.2) is 51.4 Å². The molecule has 6 nitrogen and oxygen atoms in total. The SMILES string of the molecule is CCN1C(=O)CC[C@@H](C(=O)N(CCO)Cc2ccncc2)[C@@H]1c1ccccc1F. The molecule has 1 aromatic heterocycles. The number of pyridine rings is 1. The Morgan fingerprint density at radius 3 is 2.66 bits per heavy atom. The van der Waals surface area contributed by atoms with Gasteiger partial charge in [-0.1, -0.05) is 18.2 Å². The van der Waals surface area contributed by atoms with E-state index in [1.54, 1.807) is 40.4 Å². The van der Waals surface area contributed by atoms with Crippen LogP contribution in [0, 0.1) is 11.7 Å². The molecule has 1 fully saturated rings. The van der Waals surface area contributed by atoms with Gasteiger partial charge in [0.1, 0.15) is 5.82 Å². The fourth-order valence-corrected chi connectivity index (χ4v) is 4.01. The summed E-state index contributed by atoms with van der Waals surface area (Å²) in [5, 5.41) is 9.50. The Morgan fingerprint density at radius 1 is 1.28 bits per heavy atom. The van der Waals surface area contributed by atoms with Gasteiger partial charge in [-0.25, -0.2) is 4.39 Å². The second kappa shape index (κ2) is 9.60. The number of benzene rings is 1. The molecule has 1 aliphatic heterocycles. The largest absolute Gasteiger partial charge is 0.395 e. The van der Waals surface area contributed by atoms with Crippen molar-refractivity contribution in [3.8, 4) is 0 Å². The zero-order chi connectivity index (χ0) is 20.8. The second-order valence-electron chi connectivity index (χ2n) is 7.13. The Kier molecular flexibility index (Phi) is 6.93. The van der Waals surface area contributed by atoms with Crippen LogP contribution in [0.1, 0.15) is 36.9 Å². The van der Waals surface area contributed by atoms with Gasteiger partial charge in [0.2, 0.25) is 11.8 Å². The average molecular weight is 399 g/mol. The maximum atomic E-state index is 14.6. The van der Waals surface area contributed by atoms with Gasteiger partial charge in [-0.3, -0.25) is 14.6 Å². The van der Waals surface area contributed by atoms with E-state index in [9.17, 15) is 19.1 Å². The van der Waals surface area contributed by atoms with Crippen molar-refractivity contribution < 1.29 is 19.1 Å². The summed E-state index contributed by atoms with van der Waals surface area (Å²) in [7, 11) is 0. The fraction of sp³-hybridized carbons (Fsp3) is 0.409. The third-order valence-electron chi connectivity index (χ3n) is 5.39. The molecular weight excluding hydrogens is 373 g/mol. The van der Waals surface area contributed by atoms with E-state index in [2.05, 4.69) is 4.98 Å². The lowest BCUT2D eigenvalue weighted by Gasteiger charge is -2.42. The van der Waals surface area contributed by atoms with Crippen LogP contribution in [0.15, 0.2) is 48.8 Å². The van der Waals surface area contributed by atoms with Crippen LogP contribution in [0.25, 0.3) is 0 Å². The summed E-state index contributed by atoms with van der Waals surface area (Å²) in [6.45, 7) is 2.54. The summed E-state index contributed by atoms with van der Waals surface area (Å²) < 4.78 is 14.6. The van der Waals surface area contributed by atoms with Crippen LogP contribution in [0.5, 0.6) is 0 Å². The molecular formula is C22H26FN3O3. The second-order valence-corrected chi connectivity index (χ2v) is 7.13. The molecule has 3 rings (SSSR count). The van der Waals surface area contributed by atoms with Crippen molar-refractivity contribution in [3.05, 3.63) is 65.7 Å².